The summed E-state index contributed by atoms with van der Waals surface area (Å²) < 4.78 is 14.5. The summed E-state index contributed by atoms with van der Waals surface area (Å²) in [5, 5.41) is 11.1. The van der Waals surface area contributed by atoms with Gasteiger partial charge in [0.05, 0.1) is 9.80 Å². The molecule has 0 spiro atoms. The van der Waals surface area contributed by atoms with Crippen molar-refractivity contribution in [1.29, 1.82) is 0 Å². The number of hydrogen-bond donors (Lipinski definition) is 2. The van der Waals surface area contributed by atoms with Crippen LogP contribution in [-0.2, 0) is 0 Å². The molecule has 9 heteroatoms. The fraction of sp³-hybridized carbons (Fsp3) is 0.0588. The normalized spacial score (nSPS) is 10.5. The Morgan fingerprint density at radius 3 is 2.50 bits per heavy atom. The number of halogens is 1. The molecular formula is C17H12FN3O4S. The zero-order valence-corrected chi connectivity index (χ0v) is 14.2. The third-order valence-electron chi connectivity index (χ3n) is 3.72. The lowest BCUT2D eigenvalue weighted by Crippen LogP contribution is -2.41. The molecule has 26 heavy (non-hydrogen) atoms. The van der Waals surface area contributed by atoms with Gasteiger partial charge < -0.3 is 0 Å². The highest BCUT2D eigenvalue weighted by atomic mass is 32.1. The van der Waals surface area contributed by atoms with Crippen molar-refractivity contribution in [2.75, 3.05) is 0 Å². The molecule has 0 unspecified atom stereocenters. The molecule has 132 valence electrons. The summed E-state index contributed by atoms with van der Waals surface area (Å²) in [6.45, 7) is 1.62. The number of rotatable bonds is 3. The fourth-order valence-electron chi connectivity index (χ4n) is 2.47. The minimum Gasteiger partial charge on any atom is -0.267 e. The van der Waals surface area contributed by atoms with Gasteiger partial charge in [0.1, 0.15) is 5.82 Å². The Hall–Kier alpha value is -3.33. The molecule has 0 aliphatic carbocycles. The smallest absolute Gasteiger partial charge is 0.267 e. The first-order chi connectivity index (χ1) is 12.4. The van der Waals surface area contributed by atoms with Crippen molar-refractivity contribution in [3.8, 4) is 0 Å². The topological polar surface area (TPSA) is 101 Å². The van der Waals surface area contributed by atoms with Crippen molar-refractivity contribution in [1.82, 2.24) is 10.9 Å². The maximum Gasteiger partial charge on any atom is 0.280 e. The molecule has 2 aromatic carbocycles. The van der Waals surface area contributed by atoms with E-state index in [9.17, 15) is 24.1 Å². The van der Waals surface area contributed by atoms with Crippen molar-refractivity contribution in [3.05, 3.63) is 74.4 Å². The summed E-state index contributed by atoms with van der Waals surface area (Å²) in [5.74, 6) is -1.72. The van der Waals surface area contributed by atoms with Crippen molar-refractivity contribution >= 4 is 38.9 Å². The van der Waals surface area contributed by atoms with Crippen LogP contribution in [0.25, 0.3) is 10.1 Å². The summed E-state index contributed by atoms with van der Waals surface area (Å²) in [4.78, 5) is 34.8. The number of aryl methyl sites for hydroxylation is 1. The van der Waals surface area contributed by atoms with E-state index in [1.54, 1.807) is 19.1 Å². The Balaban J connectivity index is 1.76. The van der Waals surface area contributed by atoms with E-state index in [1.165, 1.54) is 24.3 Å². The molecule has 0 fully saturated rings. The summed E-state index contributed by atoms with van der Waals surface area (Å²) in [6, 6.07) is 9.68. The number of thiophene rings is 1. The predicted octanol–water partition coefficient (Wildman–Crippen LogP) is 3.33. The predicted molar refractivity (Wildman–Crippen MR) is 94.5 cm³/mol. The summed E-state index contributed by atoms with van der Waals surface area (Å²) in [6.07, 6.45) is 0. The van der Waals surface area contributed by atoms with Crippen LogP contribution in [0.1, 0.15) is 25.6 Å². The Bertz CT molecular complexity index is 1050. The minimum atomic E-state index is -0.702. The second kappa shape index (κ2) is 6.89. The minimum absolute atomic E-state index is 0.0265. The molecule has 1 aromatic heterocycles. The largest absolute Gasteiger partial charge is 0.280 e. The van der Waals surface area contributed by atoms with Crippen molar-refractivity contribution in [3.63, 3.8) is 0 Å². The number of hydrazine groups is 1. The number of nitro benzene ring substituents is 1. The number of carbonyl (C=O) groups excluding carboxylic acids is 2. The number of amides is 2. The average Bonchev–Trinajstić information content (AvgIpc) is 2.97. The molecule has 0 saturated heterocycles. The van der Waals surface area contributed by atoms with Crippen molar-refractivity contribution in [2.45, 2.75) is 6.92 Å². The molecule has 2 N–H and O–H groups in total. The summed E-state index contributed by atoms with van der Waals surface area (Å²) in [5.41, 5.74) is 4.72. The van der Waals surface area contributed by atoms with Crippen LogP contribution in [0.4, 0.5) is 10.1 Å². The van der Waals surface area contributed by atoms with Crippen LogP contribution in [0.15, 0.2) is 42.5 Å². The molecule has 0 aliphatic heterocycles. The molecule has 3 aromatic rings. The number of nitro groups is 1. The van der Waals surface area contributed by atoms with Crippen molar-refractivity contribution < 1.29 is 18.9 Å². The molecule has 0 bridgehead atoms. The Morgan fingerprint density at radius 1 is 1.12 bits per heavy atom. The van der Waals surface area contributed by atoms with Crippen LogP contribution in [0.5, 0.6) is 0 Å². The van der Waals surface area contributed by atoms with Gasteiger partial charge in [-0.05, 0) is 30.7 Å². The van der Waals surface area contributed by atoms with E-state index in [4.69, 9.17) is 0 Å². The number of non-ortho nitro benzene ring substituents is 1. The molecular weight excluding hydrogens is 361 g/mol. The molecule has 1 heterocycles. The first-order valence-corrected chi connectivity index (χ1v) is 8.23. The van der Waals surface area contributed by atoms with Gasteiger partial charge in [-0.15, -0.1) is 11.3 Å². The third-order valence-corrected chi connectivity index (χ3v) is 4.97. The van der Waals surface area contributed by atoms with E-state index < -0.39 is 22.6 Å². The van der Waals surface area contributed by atoms with Crippen LogP contribution < -0.4 is 10.9 Å². The van der Waals surface area contributed by atoms with E-state index in [0.717, 1.165) is 17.4 Å². The molecule has 0 atom stereocenters. The Labute approximate surface area is 150 Å². The Morgan fingerprint density at radius 2 is 1.81 bits per heavy atom. The quantitative estimate of drug-likeness (QED) is 0.543. The number of nitrogens with zero attached hydrogens (tertiary/aromatic N) is 1. The van der Waals surface area contributed by atoms with E-state index in [0.29, 0.717) is 15.6 Å². The monoisotopic (exact) mass is 373 g/mol. The SMILES string of the molecule is Cc1c(C(=O)NNC(=O)c2cccc([N+](=O)[O-])c2)sc2cccc(F)c12. The van der Waals surface area contributed by atoms with Crippen LogP contribution in [0, 0.1) is 22.9 Å². The maximum absolute atomic E-state index is 13.9. The fourth-order valence-corrected chi connectivity index (χ4v) is 3.59. The number of nitrogens with one attached hydrogen (secondary N) is 2. The van der Waals surface area contributed by atoms with Gasteiger partial charge >= 0.3 is 0 Å². The zero-order valence-electron chi connectivity index (χ0n) is 13.4. The average molecular weight is 373 g/mol. The molecule has 0 radical (unpaired) electrons. The summed E-state index contributed by atoms with van der Waals surface area (Å²) in [7, 11) is 0. The van der Waals surface area contributed by atoms with Gasteiger partial charge in [-0.2, -0.15) is 0 Å². The standard InChI is InChI=1S/C17H12FN3O4S/c1-9-14-12(18)6-3-7-13(14)26-15(9)17(23)20-19-16(22)10-4-2-5-11(8-10)21(24)25/h2-8H,1H3,(H,19,22)(H,20,23). The van der Waals surface area contributed by atoms with Crippen LogP contribution in [0.2, 0.25) is 0 Å². The lowest BCUT2D eigenvalue weighted by Gasteiger charge is -2.07. The number of carbonyl (C=O) groups is 2. The lowest BCUT2D eigenvalue weighted by atomic mass is 10.1. The molecule has 0 saturated carbocycles. The maximum atomic E-state index is 13.9. The number of hydrogen-bond acceptors (Lipinski definition) is 5. The van der Waals surface area contributed by atoms with Crippen LogP contribution >= 0.6 is 11.3 Å². The Kier molecular flexibility index (Phi) is 4.63. The second-order valence-corrected chi connectivity index (χ2v) is 6.44. The van der Waals surface area contributed by atoms with Gasteiger partial charge in [-0.1, -0.05) is 12.1 Å². The first kappa shape index (κ1) is 17.5. The van der Waals surface area contributed by atoms with E-state index in [-0.39, 0.29) is 16.1 Å². The molecule has 3 rings (SSSR count). The number of benzene rings is 2. The van der Waals surface area contributed by atoms with Gasteiger partial charge in [-0.25, -0.2) is 4.39 Å². The van der Waals surface area contributed by atoms with Gasteiger partial charge in [0.2, 0.25) is 0 Å². The van der Waals surface area contributed by atoms with Crippen molar-refractivity contribution in [2.24, 2.45) is 0 Å². The van der Waals surface area contributed by atoms with E-state index >= 15 is 0 Å². The van der Waals surface area contributed by atoms with Crippen LogP contribution in [0.3, 0.4) is 0 Å². The second-order valence-electron chi connectivity index (χ2n) is 5.38. The van der Waals surface area contributed by atoms with Gasteiger partial charge in [0, 0.05) is 27.8 Å². The molecule has 7 nitrogen and oxygen atoms in total. The molecule has 2 amide bonds. The van der Waals surface area contributed by atoms with Crippen LogP contribution in [-0.4, -0.2) is 16.7 Å². The van der Waals surface area contributed by atoms with Gasteiger partial charge in [0.15, 0.2) is 0 Å². The zero-order chi connectivity index (χ0) is 18.8. The lowest BCUT2D eigenvalue weighted by molar-refractivity contribution is -0.384. The highest BCUT2D eigenvalue weighted by Gasteiger charge is 2.19. The van der Waals surface area contributed by atoms with E-state index in [1.807, 2.05) is 0 Å². The van der Waals surface area contributed by atoms with Gasteiger partial charge in [0.25, 0.3) is 17.5 Å². The highest BCUT2D eigenvalue weighted by Crippen LogP contribution is 2.32. The summed E-state index contributed by atoms with van der Waals surface area (Å²) >= 11 is 1.11. The third kappa shape index (κ3) is 3.24. The highest BCUT2D eigenvalue weighted by molar-refractivity contribution is 7.21. The van der Waals surface area contributed by atoms with Gasteiger partial charge in [-0.3, -0.25) is 30.6 Å². The number of fused-ring (bicyclic) bond motifs is 1. The molecule has 0 aliphatic rings. The first-order valence-electron chi connectivity index (χ1n) is 7.41. The van der Waals surface area contributed by atoms with E-state index in [2.05, 4.69) is 10.9 Å².